The number of hydrogen-bond acceptors (Lipinski definition) is 2. The summed E-state index contributed by atoms with van der Waals surface area (Å²) in [5, 5.41) is 0.904. The van der Waals surface area contributed by atoms with Crippen LogP contribution in [0.5, 0.6) is 0 Å². The number of ketones is 1. The minimum absolute atomic E-state index is 0.0501. The van der Waals surface area contributed by atoms with Crippen LogP contribution in [0.4, 0.5) is 10.1 Å². The molecular formula is C21H15Cl3FNO2. The first kappa shape index (κ1) is 19.4. The van der Waals surface area contributed by atoms with Gasteiger partial charge in [-0.3, -0.25) is 14.5 Å². The van der Waals surface area contributed by atoms with Crippen LogP contribution in [0.25, 0.3) is 0 Å². The van der Waals surface area contributed by atoms with Gasteiger partial charge < -0.3 is 0 Å². The third kappa shape index (κ3) is 3.24. The second kappa shape index (κ2) is 7.51. The van der Waals surface area contributed by atoms with Crippen LogP contribution in [0.1, 0.15) is 37.2 Å². The average molecular weight is 439 g/mol. The van der Waals surface area contributed by atoms with E-state index in [9.17, 15) is 14.0 Å². The average Bonchev–Trinajstić information content (AvgIpc) is 2.64. The van der Waals surface area contributed by atoms with Crippen LogP contribution in [0.15, 0.2) is 47.7 Å². The van der Waals surface area contributed by atoms with Gasteiger partial charge in [0.25, 0.3) is 0 Å². The van der Waals surface area contributed by atoms with Crippen LogP contribution in [0.3, 0.4) is 0 Å². The zero-order valence-electron chi connectivity index (χ0n) is 14.6. The second-order valence-corrected chi connectivity index (χ2v) is 8.08. The smallest absolute Gasteiger partial charge is 0.232 e. The van der Waals surface area contributed by atoms with Crippen LogP contribution >= 0.6 is 34.8 Å². The standard InChI is InChI=1S/C21H15Cl3FNO2/c22-13-8-7-11(9-15(13)24)26-17-5-2-6-18(27)21(17)12(10-19(26)28)20-14(23)3-1-4-16(20)25/h1,3-4,7-9,12H,2,5-6,10H2. The van der Waals surface area contributed by atoms with Crippen molar-refractivity contribution in [2.75, 3.05) is 4.90 Å². The first-order valence-electron chi connectivity index (χ1n) is 8.86. The Hall–Kier alpha value is -1.88. The molecule has 2 aromatic rings. The predicted octanol–water partition coefficient (Wildman–Crippen LogP) is 6.31. The van der Waals surface area contributed by atoms with Gasteiger partial charge in [0.1, 0.15) is 5.82 Å². The highest BCUT2D eigenvalue weighted by Gasteiger charge is 2.41. The summed E-state index contributed by atoms with van der Waals surface area (Å²) in [6.07, 6.45) is 1.48. The highest BCUT2D eigenvalue weighted by atomic mass is 35.5. The van der Waals surface area contributed by atoms with Gasteiger partial charge in [0, 0.05) is 40.6 Å². The molecule has 0 N–H and O–H groups in total. The molecule has 1 amide bonds. The summed E-state index contributed by atoms with van der Waals surface area (Å²) in [7, 11) is 0. The van der Waals surface area contributed by atoms with Gasteiger partial charge >= 0.3 is 0 Å². The first-order valence-corrected chi connectivity index (χ1v) is 10.00. The fourth-order valence-corrected chi connectivity index (χ4v) is 4.59. The maximum Gasteiger partial charge on any atom is 0.232 e. The van der Waals surface area contributed by atoms with Gasteiger partial charge in [0.05, 0.1) is 15.7 Å². The van der Waals surface area contributed by atoms with Crippen molar-refractivity contribution >= 4 is 52.2 Å². The fraction of sp³-hybridized carbons (Fsp3) is 0.238. The summed E-state index contributed by atoms with van der Waals surface area (Å²) in [4.78, 5) is 27.4. The summed E-state index contributed by atoms with van der Waals surface area (Å²) < 4.78 is 14.6. The number of amides is 1. The van der Waals surface area contributed by atoms with Crippen molar-refractivity contribution in [1.82, 2.24) is 0 Å². The van der Waals surface area contributed by atoms with E-state index in [2.05, 4.69) is 0 Å². The predicted molar refractivity (Wildman–Crippen MR) is 109 cm³/mol. The minimum Gasteiger partial charge on any atom is -0.294 e. The number of Topliss-reactive ketones (excluding diaryl/α,β-unsaturated/α-hetero) is 1. The molecule has 2 aliphatic rings. The molecule has 144 valence electrons. The van der Waals surface area contributed by atoms with Gasteiger partial charge in [-0.1, -0.05) is 40.9 Å². The lowest BCUT2D eigenvalue weighted by Crippen LogP contribution is -2.40. The molecule has 1 heterocycles. The molecule has 0 spiro atoms. The van der Waals surface area contributed by atoms with Crippen LogP contribution in [-0.4, -0.2) is 11.7 Å². The van der Waals surface area contributed by atoms with Crippen LogP contribution in [0.2, 0.25) is 15.1 Å². The van der Waals surface area contributed by atoms with Gasteiger partial charge in [-0.2, -0.15) is 0 Å². The zero-order chi connectivity index (χ0) is 20.0. The van der Waals surface area contributed by atoms with E-state index in [0.717, 1.165) is 0 Å². The number of halogens is 4. The fourth-order valence-electron chi connectivity index (χ4n) is 4.01. The molecule has 28 heavy (non-hydrogen) atoms. The van der Waals surface area contributed by atoms with E-state index in [4.69, 9.17) is 34.8 Å². The molecule has 1 aliphatic heterocycles. The number of anilines is 1. The minimum atomic E-state index is -0.692. The highest BCUT2D eigenvalue weighted by Crippen LogP contribution is 2.46. The lowest BCUT2D eigenvalue weighted by Gasteiger charge is -2.38. The quantitative estimate of drug-likeness (QED) is 0.551. The van der Waals surface area contributed by atoms with Crippen molar-refractivity contribution < 1.29 is 14.0 Å². The maximum atomic E-state index is 14.6. The van der Waals surface area contributed by atoms with Gasteiger partial charge in [0.2, 0.25) is 5.91 Å². The van der Waals surface area contributed by atoms with Crippen molar-refractivity contribution in [2.24, 2.45) is 0 Å². The molecule has 2 aromatic carbocycles. The Morgan fingerprint density at radius 2 is 1.75 bits per heavy atom. The van der Waals surface area contributed by atoms with E-state index in [1.54, 1.807) is 24.3 Å². The van der Waals surface area contributed by atoms with Gasteiger partial charge in [-0.25, -0.2) is 4.39 Å². The number of benzene rings is 2. The SMILES string of the molecule is O=C1CCCC2=C1C(c1c(F)cccc1Cl)CC(=O)N2c1ccc(Cl)c(Cl)c1. The van der Waals surface area contributed by atoms with Gasteiger partial charge in [0.15, 0.2) is 5.78 Å². The molecule has 3 nitrogen and oxygen atoms in total. The second-order valence-electron chi connectivity index (χ2n) is 6.86. The van der Waals surface area contributed by atoms with E-state index >= 15 is 0 Å². The number of hydrogen-bond donors (Lipinski definition) is 0. The molecule has 0 fully saturated rings. The molecule has 7 heteroatoms. The molecule has 1 aliphatic carbocycles. The molecule has 0 saturated carbocycles. The van der Waals surface area contributed by atoms with Crippen molar-refractivity contribution in [3.8, 4) is 0 Å². The van der Waals surface area contributed by atoms with Gasteiger partial charge in [-0.15, -0.1) is 0 Å². The molecule has 1 unspecified atom stereocenters. The van der Waals surface area contributed by atoms with E-state index in [-0.39, 0.29) is 28.7 Å². The number of carbonyl (C=O) groups is 2. The molecule has 0 bridgehead atoms. The monoisotopic (exact) mass is 437 g/mol. The normalized spacial score (nSPS) is 19.9. The molecule has 0 radical (unpaired) electrons. The van der Waals surface area contributed by atoms with E-state index in [1.807, 2.05) is 0 Å². The van der Waals surface area contributed by atoms with E-state index in [1.165, 1.54) is 17.0 Å². The number of carbonyl (C=O) groups excluding carboxylic acids is 2. The number of rotatable bonds is 2. The first-order chi connectivity index (χ1) is 13.4. The third-order valence-corrected chi connectivity index (χ3v) is 6.25. The number of allylic oxidation sites excluding steroid dienone is 2. The van der Waals surface area contributed by atoms with E-state index in [0.29, 0.717) is 46.3 Å². The maximum absolute atomic E-state index is 14.6. The summed E-state index contributed by atoms with van der Waals surface area (Å²) in [6.45, 7) is 0. The lowest BCUT2D eigenvalue weighted by atomic mass is 9.77. The molecule has 0 aromatic heterocycles. The lowest BCUT2D eigenvalue weighted by molar-refractivity contribution is -0.119. The Morgan fingerprint density at radius 1 is 0.964 bits per heavy atom. The van der Waals surface area contributed by atoms with Crippen molar-refractivity contribution in [1.29, 1.82) is 0 Å². The summed E-state index contributed by atoms with van der Waals surface area (Å²) in [5.41, 5.74) is 1.80. The third-order valence-electron chi connectivity index (χ3n) is 5.18. The topological polar surface area (TPSA) is 37.4 Å². The van der Waals surface area contributed by atoms with Crippen molar-refractivity contribution in [3.05, 3.63) is 74.1 Å². The Kier molecular flexibility index (Phi) is 5.21. The van der Waals surface area contributed by atoms with Crippen molar-refractivity contribution in [2.45, 2.75) is 31.6 Å². The molecule has 1 atom stereocenters. The Labute approximate surface area is 176 Å². The largest absolute Gasteiger partial charge is 0.294 e. The van der Waals surface area contributed by atoms with Crippen molar-refractivity contribution in [3.63, 3.8) is 0 Å². The molecular weight excluding hydrogens is 424 g/mol. The summed E-state index contributed by atoms with van der Waals surface area (Å²) in [6, 6.07) is 9.27. The van der Waals surface area contributed by atoms with Gasteiger partial charge in [-0.05, 0) is 43.2 Å². The number of nitrogens with zero attached hydrogens (tertiary/aromatic N) is 1. The van der Waals surface area contributed by atoms with E-state index < -0.39 is 11.7 Å². The Morgan fingerprint density at radius 3 is 2.46 bits per heavy atom. The highest BCUT2D eigenvalue weighted by molar-refractivity contribution is 6.42. The molecule has 0 saturated heterocycles. The van der Waals surface area contributed by atoms with Crippen LogP contribution in [-0.2, 0) is 9.59 Å². The molecule has 4 rings (SSSR count). The Balaban J connectivity index is 1.91. The summed E-state index contributed by atoms with van der Waals surface area (Å²) >= 11 is 18.4. The Bertz CT molecular complexity index is 1010. The van der Waals surface area contributed by atoms with Crippen LogP contribution in [0, 0.1) is 5.82 Å². The zero-order valence-corrected chi connectivity index (χ0v) is 16.9. The summed E-state index contributed by atoms with van der Waals surface area (Å²) in [5.74, 6) is -1.53. The van der Waals surface area contributed by atoms with Crippen LogP contribution < -0.4 is 4.90 Å².